The van der Waals surface area contributed by atoms with Gasteiger partial charge in [-0.1, -0.05) is 15.9 Å². The van der Waals surface area contributed by atoms with Gasteiger partial charge in [-0.15, -0.1) is 4.37 Å². The Morgan fingerprint density at radius 2 is 2.10 bits per heavy atom. The zero-order chi connectivity index (χ0) is 14.5. The zero-order valence-corrected chi connectivity index (χ0v) is 13.7. The molecule has 0 saturated carbocycles. The van der Waals surface area contributed by atoms with Crippen molar-refractivity contribution in [2.75, 3.05) is 18.5 Å². The molecule has 1 aromatic carbocycles. The molecule has 7 heteroatoms. The predicted molar refractivity (Wildman–Crippen MR) is 83.5 cm³/mol. The molecule has 5 nitrogen and oxygen atoms in total. The summed E-state index contributed by atoms with van der Waals surface area (Å²) in [5.41, 5.74) is 3.30. The zero-order valence-electron chi connectivity index (χ0n) is 11.3. The van der Waals surface area contributed by atoms with Crippen LogP contribution in [0.2, 0.25) is 0 Å². The van der Waals surface area contributed by atoms with Crippen LogP contribution in [0.25, 0.3) is 0 Å². The molecule has 2 N–H and O–H groups in total. The molecule has 0 saturated heterocycles. The van der Waals surface area contributed by atoms with Crippen LogP contribution in [0.3, 0.4) is 0 Å². The third-order valence-corrected chi connectivity index (χ3v) is 4.46. The second-order valence-corrected chi connectivity index (χ2v) is 5.87. The van der Waals surface area contributed by atoms with Crippen LogP contribution < -0.4 is 10.1 Å². The van der Waals surface area contributed by atoms with Crippen molar-refractivity contribution < 1.29 is 9.84 Å². The van der Waals surface area contributed by atoms with Gasteiger partial charge in [-0.25, -0.2) is 0 Å². The fourth-order valence-electron chi connectivity index (χ4n) is 1.74. The first-order valence-corrected chi connectivity index (χ1v) is 7.67. The van der Waals surface area contributed by atoms with E-state index in [1.165, 1.54) is 6.20 Å². The van der Waals surface area contributed by atoms with E-state index in [0.717, 1.165) is 33.0 Å². The van der Waals surface area contributed by atoms with Crippen LogP contribution in [0.1, 0.15) is 11.1 Å². The Bertz CT molecular complexity index is 540. The molecule has 20 heavy (non-hydrogen) atoms. The number of aryl methyl sites for hydroxylation is 2. The molecule has 0 bridgehead atoms. The largest absolute Gasteiger partial charge is 0.473 e. The molecule has 2 rings (SSSR count). The van der Waals surface area contributed by atoms with E-state index in [4.69, 9.17) is 4.74 Å². The summed E-state index contributed by atoms with van der Waals surface area (Å²) in [5, 5.41) is 13.1. The molecule has 1 atom stereocenters. The Kier molecular flexibility index (Phi) is 5.33. The van der Waals surface area contributed by atoms with Crippen molar-refractivity contribution in [1.82, 2.24) is 8.75 Å². The van der Waals surface area contributed by atoms with Crippen LogP contribution in [0.5, 0.6) is 5.88 Å². The van der Waals surface area contributed by atoms with E-state index in [9.17, 15) is 5.11 Å². The van der Waals surface area contributed by atoms with E-state index in [-0.39, 0.29) is 6.61 Å². The van der Waals surface area contributed by atoms with Gasteiger partial charge in [0.05, 0.1) is 11.7 Å². The number of halogens is 1. The Labute approximate surface area is 130 Å². The lowest BCUT2D eigenvalue weighted by molar-refractivity contribution is 0.115. The highest BCUT2D eigenvalue weighted by molar-refractivity contribution is 9.10. The van der Waals surface area contributed by atoms with Gasteiger partial charge < -0.3 is 15.2 Å². The van der Waals surface area contributed by atoms with E-state index in [2.05, 4.69) is 30.0 Å². The van der Waals surface area contributed by atoms with Crippen LogP contribution in [-0.4, -0.2) is 33.1 Å². The van der Waals surface area contributed by atoms with Crippen molar-refractivity contribution in [2.45, 2.75) is 20.0 Å². The lowest BCUT2D eigenvalue weighted by Gasteiger charge is -2.14. The maximum Gasteiger partial charge on any atom is 0.245 e. The monoisotopic (exact) mass is 357 g/mol. The molecule has 0 radical (unpaired) electrons. The third-order valence-electron chi connectivity index (χ3n) is 2.74. The Morgan fingerprint density at radius 3 is 2.70 bits per heavy atom. The maximum absolute atomic E-state index is 9.86. The summed E-state index contributed by atoms with van der Waals surface area (Å²) in [6, 6.07) is 4.07. The summed E-state index contributed by atoms with van der Waals surface area (Å²) in [7, 11) is 0. The lowest BCUT2D eigenvalue weighted by Crippen LogP contribution is -2.26. The summed E-state index contributed by atoms with van der Waals surface area (Å²) in [6.45, 7) is 4.68. The minimum Gasteiger partial charge on any atom is -0.473 e. The summed E-state index contributed by atoms with van der Waals surface area (Å²) >= 11 is 4.61. The molecule has 0 aliphatic carbocycles. The van der Waals surface area contributed by atoms with Crippen molar-refractivity contribution in [2.24, 2.45) is 0 Å². The van der Waals surface area contributed by atoms with Crippen LogP contribution in [0.15, 0.2) is 22.8 Å². The van der Waals surface area contributed by atoms with E-state index in [1.807, 2.05) is 26.0 Å². The number of aliphatic hydroxyl groups is 1. The molecular weight excluding hydrogens is 342 g/mol. The SMILES string of the molecule is Cc1cc(NCC(O)COc2cnsn2)cc(C)c1Br. The van der Waals surface area contributed by atoms with E-state index >= 15 is 0 Å². The maximum atomic E-state index is 9.86. The van der Waals surface area contributed by atoms with Gasteiger partial charge in [0.1, 0.15) is 18.9 Å². The third kappa shape index (κ3) is 4.16. The van der Waals surface area contributed by atoms with Crippen LogP contribution in [0, 0.1) is 13.8 Å². The molecule has 0 amide bonds. The van der Waals surface area contributed by atoms with Crippen molar-refractivity contribution in [3.63, 3.8) is 0 Å². The first-order valence-electron chi connectivity index (χ1n) is 6.15. The van der Waals surface area contributed by atoms with E-state index < -0.39 is 6.10 Å². The number of hydrogen-bond acceptors (Lipinski definition) is 6. The fourth-order valence-corrected chi connectivity index (χ4v) is 2.34. The molecule has 1 heterocycles. The highest BCUT2D eigenvalue weighted by Gasteiger charge is 2.08. The average Bonchev–Trinajstić information content (AvgIpc) is 2.93. The Balaban J connectivity index is 1.82. The van der Waals surface area contributed by atoms with Gasteiger partial charge in [0, 0.05) is 16.7 Å². The number of ether oxygens (including phenoxy) is 1. The lowest BCUT2D eigenvalue weighted by atomic mass is 10.1. The van der Waals surface area contributed by atoms with Gasteiger partial charge in [0.2, 0.25) is 5.88 Å². The van der Waals surface area contributed by atoms with Gasteiger partial charge in [-0.05, 0) is 37.1 Å². The quantitative estimate of drug-likeness (QED) is 0.831. The second kappa shape index (κ2) is 7.01. The number of aliphatic hydroxyl groups excluding tert-OH is 1. The summed E-state index contributed by atoms with van der Waals surface area (Å²) in [6.07, 6.45) is 0.924. The van der Waals surface area contributed by atoms with Crippen LogP contribution >= 0.6 is 27.7 Å². The molecule has 0 aliphatic heterocycles. The van der Waals surface area contributed by atoms with E-state index in [0.29, 0.717) is 12.4 Å². The van der Waals surface area contributed by atoms with Crippen molar-refractivity contribution in [3.05, 3.63) is 33.9 Å². The predicted octanol–water partition coefficient (Wildman–Crippen LogP) is 2.77. The topological polar surface area (TPSA) is 67.3 Å². The summed E-state index contributed by atoms with van der Waals surface area (Å²) in [5.74, 6) is 0.449. The smallest absolute Gasteiger partial charge is 0.245 e. The summed E-state index contributed by atoms with van der Waals surface area (Å²) < 4.78 is 14.2. The first-order chi connectivity index (χ1) is 9.56. The van der Waals surface area contributed by atoms with Crippen LogP contribution in [0.4, 0.5) is 5.69 Å². The number of benzene rings is 1. The summed E-state index contributed by atoms with van der Waals surface area (Å²) in [4.78, 5) is 0. The number of hydrogen-bond donors (Lipinski definition) is 2. The molecule has 1 aromatic heterocycles. The molecule has 0 spiro atoms. The van der Waals surface area contributed by atoms with E-state index in [1.54, 1.807) is 0 Å². The second-order valence-electron chi connectivity index (χ2n) is 4.52. The highest BCUT2D eigenvalue weighted by Crippen LogP contribution is 2.24. The van der Waals surface area contributed by atoms with Gasteiger partial charge in [-0.3, -0.25) is 0 Å². The molecular formula is C13H16BrN3O2S. The average molecular weight is 358 g/mol. The van der Waals surface area contributed by atoms with Gasteiger partial charge >= 0.3 is 0 Å². The number of anilines is 1. The Morgan fingerprint density at radius 1 is 1.40 bits per heavy atom. The molecule has 108 valence electrons. The molecule has 0 aliphatic rings. The normalized spacial score (nSPS) is 12.2. The minimum atomic E-state index is -0.610. The fraction of sp³-hybridized carbons (Fsp3) is 0.385. The highest BCUT2D eigenvalue weighted by atomic mass is 79.9. The van der Waals surface area contributed by atoms with Crippen molar-refractivity contribution in [1.29, 1.82) is 0 Å². The molecule has 2 aromatic rings. The van der Waals surface area contributed by atoms with Crippen LogP contribution in [-0.2, 0) is 0 Å². The van der Waals surface area contributed by atoms with Gasteiger partial charge in [-0.2, -0.15) is 4.37 Å². The first kappa shape index (κ1) is 15.2. The van der Waals surface area contributed by atoms with Crippen molar-refractivity contribution in [3.8, 4) is 5.88 Å². The molecule has 0 fully saturated rings. The minimum absolute atomic E-state index is 0.187. The standard InChI is InChI=1S/C13H16BrN3O2S/c1-8-3-10(4-9(2)13(8)14)15-5-11(18)7-19-12-6-16-20-17-12/h3-4,6,11,15,18H,5,7H2,1-2H3. The number of rotatable bonds is 6. The number of nitrogens with zero attached hydrogens (tertiary/aromatic N) is 2. The number of aromatic nitrogens is 2. The van der Waals surface area contributed by atoms with Gasteiger partial charge in [0.25, 0.3) is 0 Å². The van der Waals surface area contributed by atoms with Crippen molar-refractivity contribution >= 4 is 33.3 Å². The van der Waals surface area contributed by atoms with Gasteiger partial charge in [0.15, 0.2) is 0 Å². The molecule has 1 unspecified atom stereocenters. The number of nitrogens with one attached hydrogen (secondary N) is 1. The Hall–Kier alpha value is -1.18.